The predicted molar refractivity (Wildman–Crippen MR) is 116 cm³/mol. The van der Waals surface area contributed by atoms with Gasteiger partial charge in [0.25, 0.3) is 0 Å². The van der Waals surface area contributed by atoms with Crippen molar-refractivity contribution in [2.24, 2.45) is 0 Å². The fraction of sp³-hybridized carbons (Fsp3) is 0.231. The fourth-order valence-electron chi connectivity index (χ4n) is 3.25. The fourth-order valence-corrected chi connectivity index (χ4v) is 3.25. The Morgan fingerprint density at radius 2 is 1.27 bits per heavy atom. The highest BCUT2D eigenvalue weighted by atomic mass is 16.7. The second kappa shape index (κ2) is 10.7. The first-order valence-corrected chi connectivity index (χ1v) is 10.2. The molecule has 0 fully saturated rings. The van der Waals surface area contributed by atoms with Crippen LogP contribution in [-0.4, -0.2) is 25.1 Å². The normalized spacial score (nSPS) is 20.7. The number of hydrogen-bond acceptors (Lipinski definition) is 4. The SMILES string of the molecule is C1=C[C@H](OCc2ccccc2)[C@@H](COCc2ccccc2)O[C@@H]1Oc1ccccc1. The zero-order valence-corrected chi connectivity index (χ0v) is 16.8. The summed E-state index contributed by atoms with van der Waals surface area (Å²) >= 11 is 0. The van der Waals surface area contributed by atoms with Crippen LogP contribution in [0.1, 0.15) is 11.1 Å². The molecule has 4 rings (SSSR count). The van der Waals surface area contributed by atoms with Crippen molar-refractivity contribution in [1.29, 1.82) is 0 Å². The van der Waals surface area contributed by atoms with Crippen LogP contribution >= 0.6 is 0 Å². The van der Waals surface area contributed by atoms with Gasteiger partial charge in [-0.2, -0.15) is 0 Å². The maximum atomic E-state index is 6.17. The lowest BCUT2D eigenvalue weighted by Crippen LogP contribution is -2.42. The Kier molecular flexibility index (Phi) is 7.29. The van der Waals surface area contributed by atoms with E-state index in [1.165, 1.54) is 0 Å². The molecule has 3 atom stereocenters. The van der Waals surface area contributed by atoms with Crippen LogP contribution in [0.2, 0.25) is 0 Å². The van der Waals surface area contributed by atoms with Gasteiger partial charge < -0.3 is 18.9 Å². The second-order valence-electron chi connectivity index (χ2n) is 7.12. The summed E-state index contributed by atoms with van der Waals surface area (Å²) in [6.07, 6.45) is 2.95. The lowest BCUT2D eigenvalue weighted by molar-refractivity contribution is -0.165. The van der Waals surface area contributed by atoms with Crippen molar-refractivity contribution in [3.8, 4) is 5.75 Å². The van der Waals surface area contributed by atoms with Gasteiger partial charge in [0.05, 0.1) is 19.8 Å². The van der Waals surface area contributed by atoms with Gasteiger partial charge in [0.2, 0.25) is 6.29 Å². The van der Waals surface area contributed by atoms with Gasteiger partial charge in [0.1, 0.15) is 18.0 Å². The van der Waals surface area contributed by atoms with E-state index >= 15 is 0 Å². The van der Waals surface area contributed by atoms with Crippen molar-refractivity contribution in [3.63, 3.8) is 0 Å². The van der Waals surface area contributed by atoms with Crippen molar-refractivity contribution in [2.75, 3.05) is 6.61 Å². The maximum Gasteiger partial charge on any atom is 0.220 e. The number of rotatable bonds is 9. The summed E-state index contributed by atoms with van der Waals surface area (Å²) in [6, 6.07) is 29.9. The molecule has 0 aliphatic carbocycles. The van der Waals surface area contributed by atoms with E-state index in [2.05, 4.69) is 12.1 Å². The van der Waals surface area contributed by atoms with Crippen molar-refractivity contribution in [2.45, 2.75) is 31.7 Å². The maximum absolute atomic E-state index is 6.17. The lowest BCUT2D eigenvalue weighted by atomic mass is 10.1. The molecule has 0 amide bonds. The van der Waals surface area contributed by atoms with Crippen LogP contribution in [0.4, 0.5) is 0 Å². The van der Waals surface area contributed by atoms with Crippen LogP contribution in [-0.2, 0) is 27.4 Å². The average molecular weight is 402 g/mol. The van der Waals surface area contributed by atoms with E-state index in [0.717, 1.165) is 16.9 Å². The molecular weight excluding hydrogens is 376 g/mol. The Bertz CT molecular complexity index is 896. The van der Waals surface area contributed by atoms with Gasteiger partial charge in [-0.15, -0.1) is 0 Å². The minimum Gasteiger partial charge on any atom is -0.461 e. The summed E-state index contributed by atoms with van der Waals surface area (Å²) in [5, 5.41) is 0. The molecule has 1 heterocycles. The summed E-state index contributed by atoms with van der Waals surface area (Å²) in [6.45, 7) is 1.45. The van der Waals surface area contributed by atoms with Crippen LogP contribution in [0, 0.1) is 0 Å². The Hall–Kier alpha value is -2.92. The molecule has 0 unspecified atom stereocenters. The number of hydrogen-bond donors (Lipinski definition) is 0. The van der Waals surface area contributed by atoms with E-state index in [1.807, 2.05) is 91.0 Å². The first kappa shape index (κ1) is 20.4. The quantitative estimate of drug-likeness (QED) is 0.464. The van der Waals surface area contributed by atoms with Gasteiger partial charge in [0, 0.05) is 0 Å². The Morgan fingerprint density at radius 1 is 0.667 bits per heavy atom. The first-order chi connectivity index (χ1) is 14.9. The largest absolute Gasteiger partial charge is 0.461 e. The summed E-state index contributed by atoms with van der Waals surface area (Å²) in [4.78, 5) is 0. The van der Waals surface area contributed by atoms with Crippen LogP contribution in [0.25, 0.3) is 0 Å². The van der Waals surface area contributed by atoms with E-state index in [9.17, 15) is 0 Å². The van der Waals surface area contributed by atoms with Crippen molar-refractivity contribution >= 4 is 0 Å². The standard InChI is InChI=1S/C26H26O4/c1-4-10-21(11-5-1)18-27-20-25-24(28-19-22-12-6-2-7-13-22)16-17-26(30-25)29-23-14-8-3-9-15-23/h1-17,24-26H,18-20H2/t24-,25+,26-/m0/s1. The molecule has 4 nitrogen and oxygen atoms in total. The summed E-state index contributed by atoms with van der Waals surface area (Å²) in [7, 11) is 0. The van der Waals surface area contributed by atoms with Crippen molar-refractivity contribution in [1.82, 2.24) is 0 Å². The van der Waals surface area contributed by atoms with Crippen LogP contribution in [0.3, 0.4) is 0 Å². The number of para-hydroxylation sites is 1. The third-order valence-corrected chi connectivity index (χ3v) is 4.81. The van der Waals surface area contributed by atoms with Crippen molar-refractivity contribution in [3.05, 3.63) is 114 Å². The van der Waals surface area contributed by atoms with E-state index in [-0.39, 0.29) is 12.2 Å². The average Bonchev–Trinajstić information content (AvgIpc) is 2.81. The highest BCUT2D eigenvalue weighted by Gasteiger charge is 2.29. The molecule has 0 aromatic heterocycles. The van der Waals surface area contributed by atoms with Crippen molar-refractivity contribution < 1.29 is 18.9 Å². The predicted octanol–water partition coefficient (Wildman–Crippen LogP) is 5.15. The Morgan fingerprint density at radius 3 is 1.93 bits per heavy atom. The Balaban J connectivity index is 1.38. The van der Waals surface area contributed by atoms with Crippen LogP contribution in [0.5, 0.6) is 5.75 Å². The molecular formula is C26H26O4. The van der Waals surface area contributed by atoms with E-state index in [1.54, 1.807) is 0 Å². The molecule has 154 valence electrons. The highest BCUT2D eigenvalue weighted by Crippen LogP contribution is 2.21. The summed E-state index contributed by atoms with van der Waals surface area (Å²) < 4.78 is 24.2. The molecule has 0 spiro atoms. The van der Waals surface area contributed by atoms with E-state index in [0.29, 0.717) is 19.8 Å². The Labute approximate surface area is 177 Å². The van der Waals surface area contributed by atoms with Crippen LogP contribution < -0.4 is 4.74 Å². The second-order valence-corrected chi connectivity index (χ2v) is 7.12. The molecule has 1 aliphatic rings. The summed E-state index contributed by atoms with van der Waals surface area (Å²) in [5.74, 6) is 0.764. The molecule has 0 saturated carbocycles. The molecule has 0 bridgehead atoms. The topological polar surface area (TPSA) is 36.9 Å². The van der Waals surface area contributed by atoms with Gasteiger partial charge in [-0.05, 0) is 29.3 Å². The zero-order valence-electron chi connectivity index (χ0n) is 16.8. The van der Waals surface area contributed by atoms with E-state index < -0.39 is 6.29 Å². The zero-order chi connectivity index (χ0) is 20.4. The van der Waals surface area contributed by atoms with Gasteiger partial charge in [-0.1, -0.05) is 84.9 Å². The molecule has 3 aromatic carbocycles. The molecule has 0 N–H and O–H groups in total. The highest BCUT2D eigenvalue weighted by molar-refractivity contribution is 5.22. The van der Waals surface area contributed by atoms with E-state index in [4.69, 9.17) is 18.9 Å². The monoisotopic (exact) mass is 402 g/mol. The first-order valence-electron chi connectivity index (χ1n) is 10.2. The minimum atomic E-state index is -0.477. The molecule has 0 radical (unpaired) electrons. The van der Waals surface area contributed by atoms with Gasteiger partial charge in [-0.3, -0.25) is 0 Å². The third-order valence-electron chi connectivity index (χ3n) is 4.81. The van der Waals surface area contributed by atoms with Gasteiger partial charge >= 0.3 is 0 Å². The van der Waals surface area contributed by atoms with Gasteiger partial charge in [0.15, 0.2) is 0 Å². The minimum absolute atomic E-state index is 0.211. The third kappa shape index (κ3) is 6.04. The molecule has 3 aromatic rings. The molecule has 4 heteroatoms. The molecule has 30 heavy (non-hydrogen) atoms. The molecule has 0 saturated heterocycles. The molecule has 1 aliphatic heterocycles. The lowest BCUT2D eigenvalue weighted by Gasteiger charge is -2.32. The van der Waals surface area contributed by atoms with Crippen LogP contribution in [0.15, 0.2) is 103 Å². The number of ether oxygens (including phenoxy) is 4. The van der Waals surface area contributed by atoms with Gasteiger partial charge in [-0.25, -0.2) is 0 Å². The summed E-state index contributed by atoms with van der Waals surface area (Å²) in [5.41, 5.74) is 2.25. The smallest absolute Gasteiger partial charge is 0.220 e. The number of benzene rings is 3.